The third kappa shape index (κ3) is 1.90. The van der Waals surface area contributed by atoms with E-state index in [9.17, 15) is 14.4 Å². The number of carbonyl (C=O) groups excluding carboxylic acids is 2. The molecule has 4 rings (SSSR count). The molecule has 0 radical (unpaired) electrons. The van der Waals surface area contributed by atoms with Crippen LogP contribution in [0.3, 0.4) is 0 Å². The van der Waals surface area contributed by atoms with Crippen molar-refractivity contribution in [1.29, 1.82) is 0 Å². The summed E-state index contributed by atoms with van der Waals surface area (Å²) in [6.45, 7) is 1.66. The number of nitrogens with one attached hydrogen (secondary N) is 2. The minimum absolute atomic E-state index is 0.0728. The van der Waals surface area contributed by atoms with Gasteiger partial charge >= 0.3 is 0 Å². The average Bonchev–Trinajstić information content (AvgIpc) is 2.94. The summed E-state index contributed by atoms with van der Waals surface area (Å²) in [7, 11) is 0. The summed E-state index contributed by atoms with van der Waals surface area (Å²) < 4.78 is 0. The number of para-hydroxylation sites is 1. The number of Topliss-reactive ketones (excluding diaryl/α,β-unsaturated/α-hetero) is 1. The molecule has 0 fully saturated rings. The van der Waals surface area contributed by atoms with Gasteiger partial charge in [-0.15, -0.1) is 0 Å². The Morgan fingerprint density at radius 2 is 1.83 bits per heavy atom. The molecule has 0 atom stereocenters. The highest BCUT2D eigenvalue weighted by Gasteiger charge is 2.30. The average molecular weight is 304 g/mol. The molecule has 112 valence electrons. The Balaban J connectivity index is 1.97. The Morgan fingerprint density at radius 3 is 2.65 bits per heavy atom. The summed E-state index contributed by atoms with van der Waals surface area (Å²) in [5.74, 6) is -0.612. The number of rotatable bonds is 1. The number of hydrogen-bond acceptors (Lipinski definition) is 3. The first-order chi connectivity index (χ1) is 11.1. The lowest BCUT2D eigenvalue weighted by Crippen LogP contribution is -2.23. The highest BCUT2D eigenvalue weighted by Crippen LogP contribution is 2.32. The SMILES string of the molecule is Cc1cc(=O)[nH]c2c1C(=O)C(c1c[nH]c3ccccc13)=CC2=O. The number of allylic oxidation sites excluding steroid dienone is 2. The molecular formula is C18H12N2O3. The standard InChI is InChI=1S/C18H12N2O3/c1-9-6-15(22)20-17-14(21)7-11(18(23)16(9)17)12-8-19-13-5-3-2-4-10(12)13/h2-8,19H,1H3,(H,20,22). The van der Waals surface area contributed by atoms with Crippen LogP contribution in [0.25, 0.3) is 16.5 Å². The number of benzene rings is 1. The lowest BCUT2D eigenvalue weighted by atomic mass is 9.86. The van der Waals surface area contributed by atoms with E-state index in [1.807, 2.05) is 24.3 Å². The van der Waals surface area contributed by atoms with E-state index < -0.39 is 0 Å². The molecule has 2 aromatic heterocycles. The van der Waals surface area contributed by atoms with E-state index >= 15 is 0 Å². The fourth-order valence-electron chi connectivity index (χ4n) is 3.06. The van der Waals surface area contributed by atoms with Crippen LogP contribution in [0.15, 0.2) is 47.4 Å². The number of hydrogen-bond donors (Lipinski definition) is 2. The quantitative estimate of drug-likeness (QED) is 0.725. The summed E-state index contributed by atoms with van der Waals surface area (Å²) in [4.78, 5) is 42.4. The molecule has 0 saturated carbocycles. The van der Waals surface area contributed by atoms with E-state index in [0.717, 1.165) is 10.9 Å². The van der Waals surface area contributed by atoms with Gasteiger partial charge in [-0.2, -0.15) is 0 Å². The van der Waals surface area contributed by atoms with Gasteiger partial charge in [-0.3, -0.25) is 14.4 Å². The Hall–Kier alpha value is -3.21. The first kappa shape index (κ1) is 13.5. The topological polar surface area (TPSA) is 82.8 Å². The molecule has 0 aliphatic heterocycles. The van der Waals surface area contributed by atoms with Gasteiger partial charge in [0.2, 0.25) is 11.3 Å². The normalized spacial score (nSPS) is 14.0. The van der Waals surface area contributed by atoms with Crippen LogP contribution in [-0.4, -0.2) is 21.5 Å². The number of aromatic amines is 2. The molecule has 1 aliphatic rings. The Kier molecular flexibility index (Phi) is 2.72. The van der Waals surface area contributed by atoms with Crippen LogP contribution < -0.4 is 5.56 Å². The number of carbonyl (C=O) groups is 2. The summed E-state index contributed by atoms with van der Waals surface area (Å²) in [6.07, 6.45) is 3.03. The second-order valence-corrected chi connectivity index (χ2v) is 5.57. The van der Waals surface area contributed by atoms with E-state index in [1.54, 1.807) is 13.1 Å². The molecule has 1 aromatic carbocycles. The molecule has 0 bridgehead atoms. The predicted molar refractivity (Wildman–Crippen MR) is 86.7 cm³/mol. The minimum atomic E-state index is -0.383. The maximum Gasteiger partial charge on any atom is 0.248 e. The second kappa shape index (κ2) is 4.64. The van der Waals surface area contributed by atoms with Gasteiger partial charge in [0.25, 0.3) is 0 Å². The van der Waals surface area contributed by atoms with Crippen molar-refractivity contribution >= 4 is 28.0 Å². The van der Waals surface area contributed by atoms with Gasteiger partial charge in [-0.05, 0) is 24.6 Å². The lowest BCUT2D eigenvalue weighted by Gasteiger charge is -2.16. The first-order valence-corrected chi connectivity index (χ1v) is 7.17. The molecule has 0 spiro atoms. The zero-order chi connectivity index (χ0) is 16.1. The number of ketones is 2. The maximum atomic E-state index is 12.9. The molecule has 0 unspecified atom stereocenters. The van der Waals surface area contributed by atoms with Crippen molar-refractivity contribution in [2.45, 2.75) is 6.92 Å². The van der Waals surface area contributed by atoms with E-state index in [0.29, 0.717) is 16.7 Å². The fraction of sp³-hybridized carbons (Fsp3) is 0.0556. The molecular weight excluding hydrogens is 292 g/mol. The van der Waals surface area contributed by atoms with Crippen LogP contribution in [0.5, 0.6) is 0 Å². The van der Waals surface area contributed by atoms with Gasteiger partial charge in [-0.1, -0.05) is 18.2 Å². The molecule has 5 heteroatoms. The predicted octanol–water partition coefficient (Wildman–Crippen LogP) is 2.63. The number of H-pyrrole nitrogens is 2. The zero-order valence-corrected chi connectivity index (χ0v) is 12.3. The van der Waals surface area contributed by atoms with Crippen molar-refractivity contribution in [1.82, 2.24) is 9.97 Å². The first-order valence-electron chi connectivity index (χ1n) is 7.17. The van der Waals surface area contributed by atoms with Crippen molar-refractivity contribution < 1.29 is 9.59 Å². The van der Waals surface area contributed by atoms with Crippen molar-refractivity contribution in [3.8, 4) is 0 Å². The molecule has 2 N–H and O–H groups in total. The van der Waals surface area contributed by atoms with Crippen LogP contribution in [0, 0.1) is 6.92 Å². The molecule has 2 heterocycles. The molecule has 0 amide bonds. The van der Waals surface area contributed by atoms with Gasteiger partial charge in [0.1, 0.15) is 5.69 Å². The molecule has 23 heavy (non-hydrogen) atoms. The van der Waals surface area contributed by atoms with Gasteiger partial charge in [0, 0.05) is 34.3 Å². The van der Waals surface area contributed by atoms with Crippen molar-refractivity contribution in [3.63, 3.8) is 0 Å². The van der Waals surface area contributed by atoms with Gasteiger partial charge < -0.3 is 9.97 Å². The number of aromatic nitrogens is 2. The fourth-order valence-corrected chi connectivity index (χ4v) is 3.06. The van der Waals surface area contributed by atoms with Crippen LogP contribution in [0.2, 0.25) is 0 Å². The van der Waals surface area contributed by atoms with E-state index in [-0.39, 0.29) is 28.4 Å². The second-order valence-electron chi connectivity index (χ2n) is 5.57. The summed E-state index contributed by atoms with van der Waals surface area (Å²) in [6, 6.07) is 8.92. The van der Waals surface area contributed by atoms with Gasteiger partial charge in [0.05, 0.1) is 5.56 Å². The minimum Gasteiger partial charge on any atom is -0.361 e. The Bertz CT molecular complexity index is 1080. The maximum absolute atomic E-state index is 12.9. The van der Waals surface area contributed by atoms with Crippen LogP contribution >= 0.6 is 0 Å². The van der Waals surface area contributed by atoms with Crippen LogP contribution in [-0.2, 0) is 0 Å². The van der Waals surface area contributed by atoms with E-state index in [4.69, 9.17) is 0 Å². The molecule has 3 aromatic rings. The highest BCUT2D eigenvalue weighted by molar-refractivity contribution is 6.39. The highest BCUT2D eigenvalue weighted by atomic mass is 16.1. The number of pyridine rings is 1. The van der Waals surface area contributed by atoms with Crippen molar-refractivity contribution in [3.05, 3.63) is 75.3 Å². The van der Waals surface area contributed by atoms with Gasteiger partial charge in [0.15, 0.2) is 5.78 Å². The van der Waals surface area contributed by atoms with E-state index in [1.165, 1.54) is 12.1 Å². The third-order valence-electron chi connectivity index (χ3n) is 4.11. The summed E-state index contributed by atoms with van der Waals surface area (Å²) >= 11 is 0. The van der Waals surface area contributed by atoms with Crippen molar-refractivity contribution in [2.75, 3.05) is 0 Å². The van der Waals surface area contributed by atoms with Crippen LogP contribution in [0.1, 0.15) is 32.0 Å². The summed E-state index contributed by atoms with van der Waals surface area (Å²) in [5, 5.41) is 0.880. The summed E-state index contributed by atoms with van der Waals surface area (Å²) in [5.41, 5.74) is 2.40. The largest absolute Gasteiger partial charge is 0.361 e. The third-order valence-corrected chi connectivity index (χ3v) is 4.11. The van der Waals surface area contributed by atoms with Gasteiger partial charge in [-0.25, -0.2) is 0 Å². The lowest BCUT2D eigenvalue weighted by molar-refractivity contribution is 0.0997. The van der Waals surface area contributed by atoms with Crippen molar-refractivity contribution in [2.24, 2.45) is 0 Å². The number of aryl methyl sites for hydroxylation is 1. The Labute approximate surface area is 130 Å². The van der Waals surface area contributed by atoms with E-state index in [2.05, 4.69) is 9.97 Å². The number of fused-ring (bicyclic) bond motifs is 2. The smallest absolute Gasteiger partial charge is 0.248 e. The molecule has 0 saturated heterocycles. The molecule has 1 aliphatic carbocycles. The zero-order valence-electron chi connectivity index (χ0n) is 12.3. The molecule has 5 nitrogen and oxygen atoms in total. The van der Waals surface area contributed by atoms with Crippen LogP contribution in [0.4, 0.5) is 0 Å². The monoisotopic (exact) mass is 304 g/mol. The Morgan fingerprint density at radius 1 is 1.04 bits per heavy atom.